The average Bonchev–Trinajstić information content (AvgIpc) is 1.78. The van der Waals surface area contributed by atoms with E-state index < -0.39 is 7.82 Å². The first kappa shape index (κ1) is 19.9. The van der Waals surface area contributed by atoms with Crippen molar-refractivity contribution in [3.8, 4) is 0 Å². The second-order valence-electron chi connectivity index (χ2n) is 1.68. The Bertz CT molecular complexity index is 130. The van der Waals surface area contributed by atoms with E-state index in [4.69, 9.17) is 11.6 Å². The maximum Gasteiger partial charge on any atom is 1.00 e. The van der Waals surface area contributed by atoms with E-state index in [9.17, 15) is 14.4 Å². The maximum absolute atomic E-state index is 9.81. The van der Waals surface area contributed by atoms with Gasteiger partial charge in [0, 0.05) is 5.88 Å². The van der Waals surface area contributed by atoms with Crippen molar-refractivity contribution in [2.75, 3.05) is 12.5 Å². The van der Waals surface area contributed by atoms with E-state index in [1.54, 1.807) is 0 Å². The van der Waals surface area contributed by atoms with E-state index in [0.717, 1.165) is 0 Å². The van der Waals surface area contributed by atoms with Crippen LogP contribution in [0.2, 0.25) is 0 Å². The van der Waals surface area contributed by atoms with Crippen LogP contribution >= 0.6 is 19.4 Å². The predicted molar refractivity (Wildman–Crippen MR) is 33.5 cm³/mol. The van der Waals surface area contributed by atoms with Gasteiger partial charge in [-0.05, 0) is 12.8 Å². The number of alkyl halides is 1. The Morgan fingerprint density at radius 3 is 2.08 bits per heavy atom. The molecular formula is C4H8ClNa2O4P. The number of phosphoric acid groups is 1. The minimum absolute atomic E-state index is 0. The quantitative estimate of drug-likeness (QED) is 0.205. The van der Waals surface area contributed by atoms with Crippen LogP contribution in [0, 0.1) is 0 Å². The summed E-state index contributed by atoms with van der Waals surface area (Å²) >= 11 is 5.27. The summed E-state index contributed by atoms with van der Waals surface area (Å²) in [4.78, 5) is 19.6. The zero-order valence-corrected chi connectivity index (χ0v) is 12.9. The summed E-state index contributed by atoms with van der Waals surface area (Å²) < 4.78 is 13.7. The molecular weight excluding hydrogens is 224 g/mol. The molecule has 8 heteroatoms. The molecule has 0 saturated carbocycles. The van der Waals surface area contributed by atoms with E-state index in [-0.39, 0.29) is 65.7 Å². The SMILES string of the molecule is O=P([O-])([O-])OCCCCCl.[Na+].[Na+]. The molecule has 0 spiro atoms. The molecule has 0 aromatic heterocycles. The Balaban J connectivity index is -0.000000405. The van der Waals surface area contributed by atoms with Crippen molar-refractivity contribution in [2.45, 2.75) is 12.8 Å². The molecule has 0 fully saturated rings. The summed E-state index contributed by atoms with van der Waals surface area (Å²) in [6, 6.07) is 0. The molecule has 0 bridgehead atoms. The van der Waals surface area contributed by atoms with Gasteiger partial charge < -0.3 is 18.9 Å². The zero-order valence-electron chi connectivity index (χ0n) is 7.29. The van der Waals surface area contributed by atoms with E-state index in [1.807, 2.05) is 0 Å². The fourth-order valence-electron chi connectivity index (χ4n) is 0.373. The molecule has 0 aromatic rings. The van der Waals surface area contributed by atoms with Crippen LogP contribution in [0.5, 0.6) is 0 Å². The normalized spacial score (nSPS) is 9.92. The van der Waals surface area contributed by atoms with Gasteiger partial charge in [-0.1, -0.05) is 0 Å². The Kier molecular flexibility index (Phi) is 19.0. The van der Waals surface area contributed by atoms with Gasteiger partial charge in [-0.2, -0.15) is 0 Å². The van der Waals surface area contributed by atoms with E-state index in [0.29, 0.717) is 18.7 Å². The van der Waals surface area contributed by atoms with Crippen molar-refractivity contribution in [3.63, 3.8) is 0 Å². The van der Waals surface area contributed by atoms with Crippen molar-refractivity contribution >= 4 is 19.4 Å². The van der Waals surface area contributed by atoms with Crippen LogP contribution in [-0.4, -0.2) is 12.5 Å². The predicted octanol–water partition coefficient (Wildman–Crippen LogP) is -6.14. The van der Waals surface area contributed by atoms with Gasteiger partial charge in [0.05, 0.1) is 14.4 Å². The first-order valence-corrected chi connectivity index (χ1v) is 4.78. The molecule has 0 heterocycles. The van der Waals surface area contributed by atoms with Crippen molar-refractivity contribution < 1.29 is 78.0 Å². The van der Waals surface area contributed by atoms with Crippen molar-refractivity contribution in [2.24, 2.45) is 0 Å². The van der Waals surface area contributed by atoms with Gasteiger partial charge in [-0.3, -0.25) is 0 Å². The van der Waals surface area contributed by atoms with Gasteiger partial charge in [0.1, 0.15) is 0 Å². The van der Waals surface area contributed by atoms with Gasteiger partial charge in [-0.15, -0.1) is 11.6 Å². The van der Waals surface area contributed by atoms with Gasteiger partial charge in [0.2, 0.25) is 0 Å². The smallest absolute Gasteiger partial charge is 0.790 e. The van der Waals surface area contributed by atoms with Gasteiger partial charge in [0.25, 0.3) is 0 Å². The van der Waals surface area contributed by atoms with Crippen LogP contribution in [0.3, 0.4) is 0 Å². The fourth-order valence-corrected chi connectivity index (χ4v) is 0.915. The molecule has 0 aliphatic carbocycles. The molecule has 12 heavy (non-hydrogen) atoms. The first-order valence-electron chi connectivity index (χ1n) is 2.79. The number of rotatable bonds is 5. The number of hydrogen-bond acceptors (Lipinski definition) is 4. The fraction of sp³-hybridized carbons (Fsp3) is 1.00. The zero-order chi connectivity index (χ0) is 8.04. The first-order chi connectivity index (χ1) is 4.56. The third-order valence-electron chi connectivity index (χ3n) is 0.777. The van der Waals surface area contributed by atoms with Crippen LogP contribution in [0.15, 0.2) is 0 Å². The van der Waals surface area contributed by atoms with E-state index in [1.165, 1.54) is 0 Å². The molecule has 4 nitrogen and oxygen atoms in total. The van der Waals surface area contributed by atoms with Crippen LogP contribution < -0.4 is 68.9 Å². The molecule has 0 atom stereocenters. The Labute approximate surface area is 121 Å². The Hall–Kier alpha value is 2.40. The second kappa shape index (κ2) is 11.5. The molecule has 0 aliphatic rings. The number of unbranched alkanes of at least 4 members (excludes halogenated alkanes) is 1. The average molecular weight is 233 g/mol. The van der Waals surface area contributed by atoms with Crippen LogP contribution in [0.25, 0.3) is 0 Å². The Morgan fingerprint density at radius 1 is 1.25 bits per heavy atom. The largest absolute Gasteiger partial charge is 1.00 e. The van der Waals surface area contributed by atoms with Gasteiger partial charge >= 0.3 is 59.1 Å². The Morgan fingerprint density at radius 2 is 1.75 bits per heavy atom. The monoisotopic (exact) mass is 232 g/mol. The van der Waals surface area contributed by atoms with E-state index >= 15 is 0 Å². The molecule has 0 aliphatic heterocycles. The van der Waals surface area contributed by atoms with Crippen molar-refractivity contribution in [3.05, 3.63) is 0 Å². The maximum atomic E-state index is 9.81. The standard InChI is InChI=1S/C4H10ClO4P.2Na/c5-3-1-2-4-9-10(6,7)8;;/h1-4H2,(H2,6,7,8);;/q;2*+1/p-2. The van der Waals surface area contributed by atoms with Crippen LogP contribution in [0.1, 0.15) is 12.8 Å². The minimum Gasteiger partial charge on any atom is -0.790 e. The minimum atomic E-state index is -4.75. The number of phosphoric ester groups is 1. The molecule has 0 saturated heterocycles. The molecule has 0 unspecified atom stereocenters. The topological polar surface area (TPSA) is 72.4 Å². The van der Waals surface area contributed by atoms with E-state index in [2.05, 4.69) is 4.52 Å². The molecule has 62 valence electrons. The summed E-state index contributed by atoms with van der Waals surface area (Å²) in [6.07, 6.45) is 1.15. The third-order valence-corrected chi connectivity index (χ3v) is 1.54. The number of hydrogen-bond donors (Lipinski definition) is 0. The van der Waals surface area contributed by atoms with Gasteiger partial charge in [-0.25, -0.2) is 0 Å². The summed E-state index contributed by atoms with van der Waals surface area (Å²) in [5, 5.41) is 0. The summed E-state index contributed by atoms with van der Waals surface area (Å²) in [7, 11) is -4.75. The molecule has 0 aromatic carbocycles. The molecule has 0 radical (unpaired) electrons. The van der Waals surface area contributed by atoms with Gasteiger partial charge in [0.15, 0.2) is 0 Å². The summed E-state index contributed by atoms with van der Waals surface area (Å²) in [5.74, 6) is 0.450. The van der Waals surface area contributed by atoms with Crippen LogP contribution in [-0.2, 0) is 9.09 Å². The molecule has 0 N–H and O–H groups in total. The summed E-state index contributed by atoms with van der Waals surface area (Å²) in [6.45, 7) is -0.0585. The number of halogens is 1. The second-order valence-corrected chi connectivity index (χ2v) is 3.21. The van der Waals surface area contributed by atoms with Crippen molar-refractivity contribution in [1.82, 2.24) is 0 Å². The third kappa shape index (κ3) is 18.2. The molecule has 0 amide bonds. The van der Waals surface area contributed by atoms with Crippen LogP contribution in [0.4, 0.5) is 0 Å². The van der Waals surface area contributed by atoms with Crippen molar-refractivity contribution in [1.29, 1.82) is 0 Å². The summed E-state index contributed by atoms with van der Waals surface area (Å²) in [5.41, 5.74) is 0. The molecule has 0 rings (SSSR count).